The van der Waals surface area contributed by atoms with E-state index in [0.717, 1.165) is 10.3 Å². The third-order valence-electron chi connectivity index (χ3n) is 1.70. The molecule has 0 saturated heterocycles. The Morgan fingerprint density at radius 1 is 1.50 bits per heavy atom. The van der Waals surface area contributed by atoms with Crippen LogP contribution in [0.25, 0.3) is 5.82 Å². The van der Waals surface area contributed by atoms with E-state index in [1.54, 1.807) is 25.8 Å². The summed E-state index contributed by atoms with van der Waals surface area (Å²) in [4.78, 5) is 12.3. The lowest BCUT2D eigenvalue weighted by Gasteiger charge is -2.05. The predicted molar refractivity (Wildman–Crippen MR) is 56.4 cm³/mol. The highest BCUT2D eigenvalue weighted by molar-refractivity contribution is 9.10. The SMILES string of the molecule is CNc1ncc(Br)c(-n2ccnc2)n1. The van der Waals surface area contributed by atoms with E-state index in [1.807, 2.05) is 10.8 Å². The summed E-state index contributed by atoms with van der Waals surface area (Å²) in [5.74, 6) is 1.35. The molecule has 6 heteroatoms. The van der Waals surface area contributed by atoms with Crippen molar-refractivity contribution in [3.05, 3.63) is 29.4 Å². The minimum absolute atomic E-state index is 0.580. The molecule has 0 saturated carbocycles. The van der Waals surface area contributed by atoms with Gasteiger partial charge in [-0.1, -0.05) is 0 Å². The average Bonchev–Trinajstić information content (AvgIpc) is 2.71. The highest BCUT2D eigenvalue weighted by Crippen LogP contribution is 2.18. The van der Waals surface area contributed by atoms with E-state index in [9.17, 15) is 0 Å². The van der Waals surface area contributed by atoms with Crippen LogP contribution in [-0.2, 0) is 0 Å². The zero-order chi connectivity index (χ0) is 9.97. The number of aromatic nitrogens is 4. The monoisotopic (exact) mass is 253 g/mol. The van der Waals surface area contributed by atoms with Crippen LogP contribution in [0.3, 0.4) is 0 Å². The van der Waals surface area contributed by atoms with Crippen molar-refractivity contribution in [3.63, 3.8) is 0 Å². The molecule has 0 unspecified atom stereocenters. The van der Waals surface area contributed by atoms with Gasteiger partial charge in [0.1, 0.15) is 6.33 Å². The Labute approximate surface area is 89.3 Å². The maximum Gasteiger partial charge on any atom is 0.224 e. The molecule has 0 radical (unpaired) electrons. The standard InChI is InChI=1S/C8H8BrN5/c1-10-8-12-4-6(9)7(13-8)14-3-2-11-5-14/h2-5H,1H3,(H,10,12,13). The van der Waals surface area contributed by atoms with Gasteiger partial charge < -0.3 is 5.32 Å². The summed E-state index contributed by atoms with van der Waals surface area (Å²) in [5.41, 5.74) is 0. The van der Waals surface area contributed by atoms with Crippen molar-refractivity contribution in [2.45, 2.75) is 0 Å². The Morgan fingerprint density at radius 2 is 2.36 bits per heavy atom. The fraction of sp³-hybridized carbons (Fsp3) is 0.125. The molecular weight excluding hydrogens is 246 g/mol. The maximum absolute atomic E-state index is 4.29. The van der Waals surface area contributed by atoms with E-state index < -0.39 is 0 Å². The molecule has 5 nitrogen and oxygen atoms in total. The Kier molecular flexibility index (Phi) is 2.45. The molecule has 14 heavy (non-hydrogen) atoms. The molecule has 0 spiro atoms. The Balaban J connectivity index is 2.51. The second-order valence-electron chi connectivity index (χ2n) is 2.59. The van der Waals surface area contributed by atoms with Crippen molar-refractivity contribution >= 4 is 21.9 Å². The van der Waals surface area contributed by atoms with Gasteiger partial charge in [0.05, 0.1) is 4.47 Å². The zero-order valence-corrected chi connectivity index (χ0v) is 9.06. The van der Waals surface area contributed by atoms with Gasteiger partial charge in [-0.25, -0.2) is 9.97 Å². The third-order valence-corrected chi connectivity index (χ3v) is 2.26. The number of hydrogen-bond donors (Lipinski definition) is 1. The van der Waals surface area contributed by atoms with Gasteiger partial charge in [-0.05, 0) is 15.9 Å². The van der Waals surface area contributed by atoms with E-state index in [2.05, 4.69) is 36.2 Å². The van der Waals surface area contributed by atoms with Crippen molar-refractivity contribution in [2.75, 3.05) is 12.4 Å². The van der Waals surface area contributed by atoms with Gasteiger partial charge in [-0.3, -0.25) is 4.57 Å². The molecule has 0 amide bonds. The molecule has 2 heterocycles. The molecule has 2 aromatic heterocycles. The van der Waals surface area contributed by atoms with E-state index in [1.165, 1.54) is 0 Å². The second-order valence-corrected chi connectivity index (χ2v) is 3.44. The van der Waals surface area contributed by atoms with Gasteiger partial charge >= 0.3 is 0 Å². The summed E-state index contributed by atoms with van der Waals surface area (Å²) in [6, 6.07) is 0. The first-order valence-electron chi connectivity index (χ1n) is 4.00. The number of rotatable bonds is 2. The molecule has 2 aromatic rings. The van der Waals surface area contributed by atoms with Crippen molar-refractivity contribution in [2.24, 2.45) is 0 Å². The average molecular weight is 254 g/mol. The van der Waals surface area contributed by atoms with Crippen LogP contribution in [0.15, 0.2) is 29.4 Å². The van der Waals surface area contributed by atoms with Gasteiger partial charge in [0.15, 0.2) is 5.82 Å². The summed E-state index contributed by atoms with van der Waals surface area (Å²) in [6.07, 6.45) is 6.92. The van der Waals surface area contributed by atoms with Crippen molar-refractivity contribution in [3.8, 4) is 5.82 Å². The van der Waals surface area contributed by atoms with Gasteiger partial charge in [0.25, 0.3) is 0 Å². The topological polar surface area (TPSA) is 55.6 Å². The normalized spacial score (nSPS) is 10.1. The lowest BCUT2D eigenvalue weighted by molar-refractivity contribution is 0.962. The Bertz CT molecular complexity index is 425. The van der Waals surface area contributed by atoms with Crippen molar-refractivity contribution < 1.29 is 0 Å². The lowest BCUT2D eigenvalue weighted by atomic mass is 10.5. The molecule has 0 atom stereocenters. The highest BCUT2D eigenvalue weighted by Gasteiger charge is 2.05. The quantitative estimate of drug-likeness (QED) is 0.881. The van der Waals surface area contributed by atoms with E-state index in [-0.39, 0.29) is 0 Å². The molecule has 0 aliphatic heterocycles. The number of nitrogens with one attached hydrogen (secondary N) is 1. The first kappa shape index (κ1) is 9.14. The molecular formula is C8H8BrN5. The zero-order valence-electron chi connectivity index (χ0n) is 7.48. The van der Waals surface area contributed by atoms with Crippen LogP contribution in [-0.4, -0.2) is 26.6 Å². The maximum atomic E-state index is 4.29. The molecule has 0 aliphatic carbocycles. The summed E-state index contributed by atoms with van der Waals surface area (Å²) >= 11 is 3.38. The van der Waals surface area contributed by atoms with Crippen LogP contribution in [0.5, 0.6) is 0 Å². The molecule has 0 bridgehead atoms. The van der Waals surface area contributed by atoms with Gasteiger partial charge in [-0.2, -0.15) is 4.98 Å². The fourth-order valence-electron chi connectivity index (χ4n) is 1.04. The van der Waals surface area contributed by atoms with E-state index in [4.69, 9.17) is 0 Å². The minimum Gasteiger partial charge on any atom is -0.357 e. The van der Waals surface area contributed by atoms with Crippen LogP contribution in [0, 0.1) is 0 Å². The number of anilines is 1. The Morgan fingerprint density at radius 3 is 3.00 bits per heavy atom. The first-order valence-corrected chi connectivity index (χ1v) is 4.79. The van der Waals surface area contributed by atoms with E-state index >= 15 is 0 Å². The fourth-order valence-corrected chi connectivity index (χ4v) is 1.44. The molecule has 2 rings (SSSR count). The molecule has 0 aromatic carbocycles. The summed E-state index contributed by atoms with van der Waals surface area (Å²) < 4.78 is 2.64. The van der Waals surface area contributed by atoms with Gasteiger partial charge in [-0.15, -0.1) is 0 Å². The number of nitrogens with zero attached hydrogens (tertiary/aromatic N) is 4. The Hall–Kier alpha value is -1.43. The largest absolute Gasteiger partial charge is 0.357 e. The minimum atomic E-state index is 0.580. The van der Waals surface area contributed by atoms with E-state index in [0.29, 0.717) is 5.95 Å². The predicted octanol–water partition coefficient (Wildman–Crippen LogP) is 1.47. The van der Waals surface area contributed by atoms with Crippen LogP contribution >= 0.6 is 15.9 Å². The van der Waals surface area contributed by atoms with Gasteiger partial charge in [0.2, 0.25) is 5.95 Å². The smallest absolute Gasteiger partial charge is 0.224 e. The first-order chi connectivity index (χ1) is 6.81. The van der Waals surface area contributed by atoms with Crippen molar-refractivity contribution in [1.29, 1.82) is 0 Å². The molecule has 1 N–H and O–H groups in total. The summed E-state index contributed by atoms with van der Waals surface area (Å²) in [6.45, 7) is 0. The second kappa shape index (κ2) is 3.75. The molecule has 72 valence electrons. The van der Waals surface area contributed by atoms with Crippen LogP contribution < -0.4 is 5.32 Å². The number of hydrogen-bond acceptors (Lipinski definition) is 4. The third kappa shape index (κ3) is 1.60. The number of halogens is 1. The number of imidazole rings is 1. The van der Waals surface area contributed by atoms with Crippen LogP contribution in [0.4, 0.5) is 5.95 Å². The summed E-state index contributed by atoms with van der Waals surface area (Å²) in [5, 5.41) is 2.88. The van der Waals surface area contributed by atoms with Gasteiger partial charge in [0, 0.05) is 25.6 Å². The molecule has 0 fully saturated rings. The lowest BCUT2D eigenvalue weighted by Crippen LogP contribution is -2.02. The van der Waals surface area contributed by atoms with Crippen molar-refractivity contribution in [1.82, 2.24) is 19.5 Å². The van der Waals surface area contributed by atoms with Crippen LogP contribution in [0.1, 0.15) is 0 Å². The van der Waals surface area contributed by atoms with Crippen LogP contribution in [0.2, 0.25) is 0 Å². The molecule has 0 aliphatic rings. The summed E-state index contributed by atoms with van der Waals surface area (Å²) in [7, 11) is 1.78. The highest BCUT2D eigenvalue weighted by atomic mass is 79.9.